The van der Waals surface area contributed by atoms with Crippen LogP contribution < -0.4 is 10.2 Å². The zero-order valence-corrected chi connectivity index (χ0v) is 15.5. The van der Waals surface area contributed by atoms with Crippen molar-refractivity contribution in [1.29, 1.82) is 5.26 Å². The van der Waals surface area contributed by atoms with Crippen molar-refractivity contribution in [1.82, 2.24) is 9.99 Å². The molecule has 1 N–H and O–H groups in total. The van der Waals surface area contributed by atoms with E-state index in [2.05, 4.69) is 32.5 Å². The Morgan fingerprint density at radius 1 is 1.38 bits per heavy atom. The molecular formula is C19H15BrN4O2. The predicted molar refractivity (Wildman–Crippen MR) is 103 cm³/mol. The molecule has 130 valence electrons. The summed E-state index contributed by atoms with van der Waals surface area (Å²) in [4.78, 5) is 12.4. The molecular weight excluding hydrogens is 396 g/mol. The van der Waals surface area contributed by atoms with Gasteiger partial charge in [-0.2, -0.15) is 10.4 Å². The molecule has 3 aromatic rings. The van der Waals surface area contributed by atoms with Gasteiger partial charge in [0.2, 0.25) is 0 Å². The lowest BCUT2D eigenvalue weighted by Crippen LogP contribution is -2.18. The SMILES string of the molecule is COc1ccc(Br)cc1C(=O)N/N=C\c1cn(CC#N)c2ccccc12. The van der Waals surface area contributed by atoms with Crippen LogP contribution in [0.4, 0.5) is 0 Å². The van der Waals surface area contributed by atoms with E-state index in [9.17, 15) is 4.79 Å². The topological polar surface area (TPSA) is 79.4 Å². The number of nitrogens with zero attached hydrogens (tertiary/aromatic N) is 3. The zero-order valence-electron chi connectivity index (χ0n) is 13.9. The fourth-order valence-electron chi connectivity index (χ4n) is 2.66. The van der Waals surface area contributed by atoms with Gasteiger partial charge in [0, 0.05) is 27.1 Å². The molecule has 0 aliphatic heterocycles. The molecule has 0 unspecified atom stereocenters. The third-order valence-corrected chi connectivity index (χ3v) is 4.33. The minimum Gasteiger partial charge on any atom is -0.496 e. The average molecular weight is 411 g/mol. The molecule has 0 saturated carbocycles. The second-order valence-corrected chi connectivity index (χ2v) is 6.35. The van der Waals surface area contributed by atoms with Crippen LogP contribution in [0.3, 0.4) is 0 Å². The summed E-state index contributed by atoms with van der Waals surface area (Å²) >= 11 is 3.34. The van der Waals surface area contributed by atoms with Crippen molar-refractivity contribution in [3.05, 3.63) is 64.3 Å². The number of fused-ring (bicyclic) bond motifs is 1. The van der Waals surface area contributed by atoms with E-state index in [4.69, 9.17) is 10.00 Å². The summed E-state index contributed by atoms with van der Waals surface area (Å²) in [5, 5.41) is 14.0. The van der Waals surface area contributed by atoms with Gasteiger partial charge in [0.15, 0.2) is 0 Å². The largest absolute Gasteiger partial charge is 0.496 e. The van der Waals surface area contributed by atoms with E-state index in [0.29, 0.717) is 11.3 Å². The van der Waals surface area contributed by atoms with E-state index >= 15 is 0 Å². The molecule has 0 bridgehead atoms. The average Bonchev–Trinajstić information content (AvgIpc) is 3.00. The van der Waals surface area contributed by atoms with Gasteiger partial charge < -0.3 is 9.30 Å². The molecule has 0 atom stereocenters. The van der Waals surface area contributed by atoms with Crippen LogP contribution in [0.1, 0.15) is 15.9 Å². The number of hydrogen-bond acceptors (Lipinski definition) is 4. The number of benzene rings is 2. The minimum atomic E-state index is -0.375. The summed E-state index contributed by atoms with van der Waals surface area (Å²) < 4.78 is 7.82. The van der Waals surface area contributed by atoms with Gasteiger partial charge in [-0.3, -0.25) is 4.79 Å². The van der Waals surface area contributed by atoms with Crippen molar-refractivity contribution >= 4 is 39.0 Å². The molecule has 0 aliphatic carbocycles. The number of ether oxygens (including phenoxy) is 1. The second kappa shape index (κ2) is 7.85. The third kappa shape index (κ3) is 3.60. The summed E-state index contributed by atoms with van der Waals surface area (Å²) in [5.41, 5.74) is 4.65. The van der Waals surface area contributed by atoms with Gasteiger partial charge >= 0.3 is 0 Å². The van der Waals surface area contributed by atoms with Gasteiger partial charge in [0.25, 0.3) is 5.91 Å². The number of carbonyl (C=O) groups is 1. The molecule has 3 rings (SSSR count). The Bertz CT molecular complexity index is 1030. The van der Waals surface area contributed by atoms with E-state index in [-0.39, 0.29) is 12.5 Å². The molecule has 0 fully saturated rings. The van der Waals surface area contributed by atoms with Gasteiger partial charge in [-0.25, -0.2) is 5.43 Å². The van der Waals surface area contributed by atoms with Crippen molar-refractivity contribution in [2.24, 2.45) is 5.10 Å². The summed E-state index contributed by atoms with van der Waals surface area (Å²) in [6.45, 7) is 0.246. The lowest BCUT2D eigenvalue weighted by atomic mass is 10.2. The normalized spacial score (nSPS) is 10.8. The van der Waals surface area contributed by atoms with Crippen LogP contribution in [-0.2, 0) is 6.54 Å². The fourth-order valence-corrected chi connectivity index (χ4v) is 3.02. The lowest BCUT2D eigenvalue weighted by Gasteiger charge is -2.07. The van der Waals surface area contributed by atoms with E-state index in [1.807, 2.05) is 35.0 Å². The quantitative estimate of drug-likeness (QED) is 0.514. The number of hydrazone groups is 1. The number of amides is 1. The van der Waals surface area contributed by atoms with E-state index in [0.717, 1.165) is 20.9 Å². The van der Waals surface area contributed by atoms with Crippen molar-refractivity contribution in [2.45, 2.75) is 6.54 Å². The first-order chi connectivity index (χ1) is 12.6. The molecule has 0 spiro atoms. The molecule has 0 saturated heterocycles. The van der Waals surface area contributed by atoms with Gasteiger partial charge in [-0.15, -0.1) is 0 Å². The van der Waals surface area contributed by atoms with E-state index < -0.39 is 0 Å². The predicted octanol–water partition coefficient (Wildman–Crippen LogP) is 3.70. The van der Waals surface area contributed by atoms with Gasteiger partial charge in [0.1, 0.15) is 12.3 Å². The van der Waals surface area contributed by atoms with Crippen molar-refractivity contribution in [3.8, 4) is 11.8 Å². The zero-order chi connectivity index (χ0) is 18.5. The highest BCUT2D eigenvalue weighted by atomic mass is 79.9. The van der Waals surface area contributed by atoms with Crippen LogP contribution in [0.15, 0.2) is 58.2 Å². The van der Waals surface area contributed by atoms with E-state index in [1.54, 1.807) is 24.4 Å². The Morgan fingerprint density at radius 2 is 2.19 bits per heavy atom. The highest BCUT2D eigenvalue weighted by Gasteiger charge is 2.12. The first-order valence-electron chi connectivity index (χ1n) is 7.76. The number of nitrogens with one attached hydrogen (secondary N) is 1. The summed E-state index contributed by atoms with van der Waals surface area (Å²) in [5.74, 6) is 0.0895. The molecule has 1 heterocycles. The number of nitriles is 1. The first kappa shape index (κ1) is 17.7. The Kier molecular flexibility index (Phi) is 5.34. The third-order valence-electron chi connectivity index (χ3n) is 3.84. The number of halogens is 1. The maximum atomic E-state index is 12.4. The van der Waals surface area contributed by atoms with E-state index in [1.165, 1.54) is 7.11 Å². The molecule has 6 nitrogen and oxygen atoms in total. The van der Waals surface area contributed by atoms with Gasteiger partial charge in [-0.05, 0) is 24.3 Å². The highest BCUT2D eigenvalue weighted by molar-refractivity contribution is 9.10. The smallest absolute Gasteiger partial charge is 0.275 e. The molecule has 0 radical (unpaired) electrons. The van der Waals surface area contributed by atoms with Gasteiger partial charge in [-0.1, -0.05) is 34.1 Å². The molecule has 2 aromatic carbocycles. The van der Waals surface area contributed by atoms with Crippen LogP contribution in [0.2, 0.25) is 0 Å². The van der Waals surface area contributed by atoms with Crippen molar-refractivity contribution in [3.63, 3.8) is 0 Å². The Hall–Kier alpha value is -3.11. The Labute approximate surface area is 158 Å². The monoisotopic (exact) mass is 410 g/mol. The first-order valence-corrected chi connectivity index (χ1v) is 8.55. The molecule has 26 heavy (non-hydrogen) atoms. The van der Waals surface area contributed by atoms with Gasteiger partial charge in [0.05, 0.1) is 25.0 Å². The fraction of sp³-hybridized carbons (Fsp3) is 0.105. The maximum Gasteiger partial charge on any atom is 0.275 e. The summed E-state index contributed by atoms with van der Waals surface area (Å²) in [6.07, 6.45) is 3.40. The van der Waals surface area contributed by atoms with Crippen LogP contribution in [0.5, 0.6) is 5.75 Å². The Morgan fingerprint density at radius 3 is 2.96 bits per heavy atom. The second-order valence-electron chi connectivity index (χ2n) is 5.43. The maximum absolute atomic E-state index is 12.4. The highest BCUT2D eigenvalue weighted by Crippen LogP contribution is 2.23. The number of hydrogen-bond donors (Lipinski definition) is 1. The number of rotatable bonds is 5. The number of carbonyl (C=O) groups excluding carboxylic acids is 1. The van der Waals surface area contributed by atoms with Crippen molar-refractivity contribution in [2.75, 3.05) is 7.11 Å². The molecule has 1 amide bonds. The summed E-state index contributed by atoms with van der Waals surface area (Å²) in [7, 11) is 1.51. The number of aromatic nitrogens is 1. The molecule has 7 heteroatoms. The summed E-state index contributed by atoms with van der Waals surface area (Å²) in [6, 6.07) is 15.0. The van der Waals surface area contributed by atoms with Crippen LogP contribution in [0, 0.1) is 11.3 Å². The number of methoxy groups -OCH3 is 1. The number of para-hydroxylation sites is 1. The lowest BCUT2D eigenvalue weighted by molar-refractivity contribution is 0.0952. The Balaban J connectivity index is 1.83. The molecule has 0 aliphatic rings. The minimum absolute atomic E-state index is 0.246. The standard InChI is InChI=1S/C19H15BrN4O2/c1-26-18-7-6-14(20)10-16(18)19(25)23-22-11-13-12-24(9-8-21)17-5-3-2-4-15(13)17/h2-7,10-12H,9H2,1H3,(H,23,25)/b22-11-. The van der Waals surface area contributed by atoms with Crippen LogP contribution in [-0.4, -0.2) is 23.8 Å². The van der Waals surface area contributed by atoms with Crippen LogP contribution >= 0.6 is 15.9 Å². The van der Waals surface area contributed by atoms with Crippen LogP contribution in [0.25, 0.3) is 10.9 Å². The molecule has 1 aromatic heterocycles. The van der Waals surface area contributed by atoms with Crippen molar-refractivity contribution < 1.29 is 9.53 Å².